The maximum absolute atomic E-state index is 5.19. The van der Waals surface area contributed by atoms with Crippen molar-refractivity contribution in [3.05, 3.63) is 40.6 Å². The Bertz CT molecular complexity index is 479. The monoisotopic (exact) mass is 266 g/mol. The molecule has 2 rings (SSSR count). The molecule has 0 aliphatic carbocycles. The molecule has 0 atom stereocenters. The molecule has 4 heteroatoms. The van der Waals surface area contributed by atoms with Gasteiger partial charge >= 0.3 is 0 Å². The number of hydrogen-bond acceptors (Lipinski definition) is 2. The van der Waals surface area contributed by atoms with Crippen molar-refractivity contribution in [1.82, 2.24) is 9.78 Å². The van der Waals surface area contributed by atoms with Crippen molar-refractivity contribution >= 4 is 15.9 Å². The van der Waals surface area contributed by atoms with Crippen molar-refractivity contribution in [3.63, 3.8) is 0 Å². The Labute approximate surface area is 96.8 Å². The van der Waals surface area contributed by atoms with Gasteiger partial charge in [0.1, 0.15) is 0 Å². The fraction of sp³-hybridized carbons (Fsp3) is 0.182. The van der Waals surface area contributed by atoms with Gasteiger partial charge in [-0.15, -0.1) is 0 Å². The van der Waals surface area contributed by atoms with E-state index in [4.69, 9.17) is 4.74 Å². The lowest BCUT2D eigenvalue weighted by atomic mass is 10.3. The average Bonchev–Trinajstić information content (AvgIpc) is 2.60. The molecule has 1 aromatic carbocycles. The third kappa shape index (κ3) is 1.77. The fourth-order valence-electron chi connectivity index (χ4n) is 1.46. The number of methoxy groups -OCH3 is 1. The molecule has 0 spiro atoms. The molecule has 15 heavy (non-hydrogen) atoms. The lowest BCUT2D eigenvalue weighted by Crippen LogP contribution is -1.99. The van der Waals surface area contributed by atoms with Gasteiger partial charge in [0.15, 0.2) is 5.75 Å². The molecule has 0 aliphatic rings. The highest BCUT2D eigenvalue weighted by atomic mass is 79.9. The molecule has 3 nitrogen and oxygen atoms in total. The summed E-state index contributed by atoms with van der Waals surface area (Å²) in [5.41, 5.74) is 2.00. The van der Waals surface area contributed by atoms with Crippen molar-refractivity contribution in [2.24, 2.45) is 0 Å². The van der Waals surface area contributed by atoms with Crippen LogP contribution in [0.1, 0.15) is 5.69 Å². The minimum absolute atomic E-state index is 0.797. The summed E-state index contributed by atoms with van der Waals surface area (Å²) in [6.07, 6.45) is 1.72. The Balaban J connectivity index is 2.55. The first-order valence-corrected chi connectivity index (χ1v) is 5.37. The Morgan fingerprint density at radius 1 is 1.33 bits per heavy atom. The van der Waals surface area contributed by atoms with Crippen LogP contribution in [0.25, 0.3) is 5.69 Å². The third-order valence-electron chi connectivity index (χ3n) is 2.27. The summed E-state index contributed by atoms with van der Waals surface area (Å²) in [6.45, 7) is 1.98. The number of hydrogen-bond donors (Lipinski definition) is 0. The normalized spacial score (nSPS) is 10.3. The minimum atomic E-state index is 0.797. The van der Waals surface area contributed by atoms with Gasteiger partial charge in [-0.05, 0) is 35.0 Å². The predicted octanol–water partition coefficient (Wildman–Crippen LogP) is 2.95. The summed E-state index contributed by atoms with van der Waals surface area (Å²) in [5.74, 6) is 0.797. The molecule has 0 unspecified atom stereocenters. The van der Waals surface area contributed by atoms with Crippen molar-refractivity contribution in [1.29, 1.82) is 0 Å². The van der Waals surface area contributed by atoms with Crippen LogP contribution in [0.2, 0.25) is 0 Å². The highest BCUT2D eigenvalue weighted by molar-refractivity contribution is 9.10. The van der Waals surface area contributed by atoms with E-state index in [1.807, 2.05) is 35.9 Å². The number of halogens is 1. The van der Waals surface area contributed by atoms with Crippen LogP contribution in [0.4, 0.5) is 0 Å². The zero-order chi connectivity index (χ0) is 10.8. The first-order chi connectivity index (χ1) is 7.24. The summed E-state index contributed by atoms with van der Waals surface area (Å²) in [6, 6.07) is 7.95. The first-order valence-electron chi connectivity index (χ1n) is 4.57. The molecule has 0 saturated heterocycles. The number of benzene rings is 1. The van der Waals surface area contributed by atoms with Crippen molar-refractivity contribution in [3.8, 4) is 11.4 Å². The second-order valence-electron chi connectivity index (χ2n) is 3.16. The van der Waals surface area contributed by atoms with E-state index >= 15 is 0 Å². The van der Waals surface area contributed by atoms with E-state index < -0.39 is 0 Å². The van der Waals surface area contributed by atoms with Gasteiger partial charge in [0.25, 0.3) is 0 Å². The molecule has 78 valence electrons. The number of aromatic nitrogens is 2. The summed E-state index contributed by atoms with van der Waals surface area (Å²) in [4.78, 5) is 0. The highest BCUT2D eigenvalue weighted by Crippen LogP contribution is 2.25. The van der Waals surface area contributed by atoms with Crippen LogP contribution in [-0.2, 0) is 0 Å². The summed E-state index contributed by atoms with van der Waals surface area (Å²) in [7, 11) is 1.65. The Hall–Kier alpha value is -1.29. The lowest BCUT2D eigenvalue weighted by molar-refractivity contribution is 0.411. The SMILES string of the molecule is COc1cnn(-c2ccccc2Br)c1C. The molecule has 2 aromatic rings. The average molecular weight is 267 g/mol. The van der Waals surface area contributed by atoms with Crippen LogP contribution >= 0.6 is 15.9 Å². The van der Waals surface area contributed by atoms with Crippen LogP contribution < -0.4 is 4.74 Å². The number of para-hydroxylation sites is 1. The molecule has 0 amide bonds. The van der Waals surface area contributed by atoms with Gasteiger partial charge in [-0.1, -0.05) is 12.1 Å². The van der Waals surface area contributed by atoms with Crippen LogP contribution in [0, 0.1) is 6.92 Å². The highest BCUT2D eigenvalue weighted by Gasteiger charge is 2.09. The second kappa shape index (κ2) is 4.06. The molecule has 0 bridgehead atoms. The van der Waals surface area contributed by atoms with Gasteiger partial charge in [0.05, 0.1) is 24.7 Å². The molecule has 0 fully saturated rings. The van der Waals surface area contributed by atoms with E-state index in [-0.39, 0.29) is 0 Å². The first kappa shape index (κ1) is 10.2. The molecular formula is C11H11BrN2O. The fourth-order valence-corrected chi connectivity index (χ4v) is 1.91. The molecule has 0 radical (unpaired) electrons. The van der Waals surface area contributed by atoms with Gasteiger partial charge < -0.3 is 4.74 Å². The summed E-state index contributed by atoms with van der Waals surface area (Å²) >= 11 is 3.50. The number of ether oxygens (including phenoxy) is 1. The molecule has 1 heterocycles. The standard InChI is InChI=1S/C11H11BrN2O/c1-8-11(15-2)7-13-14(8)10-6-4-3-5-9(10)12/h3-7H,1-2H3. The zero-order valence-corrected chi connectivity index (χ0v) is 10.2. The third-order valence-corrected chi connectivity index (χ3v) is 2.94. The van der Waals surface area contributed by atoms with E-state index in [2.05, 4.69) is 21.0 Å². The van der Waals surface area contributed by atoms with Crippen LogP contribution in [-0.4, -0.2) is 16.9 Å². The maximum Gasteiger partial charge on any atom is 0.160 e. The van der Waals surface area contributed by atoms with E-state index in [0.29, 0.717) is 0 Å². The summed E-state index contributed by atoms with van der Waals surface area (Å²) in [5, 5.41) is 4.28. The predicted molar refractivity (Wildman–Crippen MR) is 62.6 cm³/mol. The van der Waals surface area contributed by atoms with Gasteiger partial charge in [-0.25, -0.2) is 4.68 Å². The lowest BCUT2D eigenvalue weighted by Gasteiger charge is -2.06. The van der Waals surface area contributed by atoms with Gasteiger partial charge in [-0.3, -0.25) is 0 Å². The quantitative estimate of drug-likeness (QED) is 0.836. The molecule has 1 aromatic heterocycles. The second-order valence-corrected chi connectivity index (χ2v) is 4.02. The zero-order valence-electron chi connectivity index (χ0n) is 8.57. The van der Waals surface area contributed by atoms with Crippen LogP contribution in [0.5, 0.6) is 5.75 Å². The molecule has 0 aliphatic heterocycles. The van der Waals surface area contributed by atoms with E-state index in [0.717, 1.165) is 21.6 Å². The van der Waals surface area contributed by atoms with E-state index in [1.165, 1.54) is 0 Å². The van der Waals surface area contributed by atoms with Crippen LogP contribution in [0.3, 0.4) is 0 Å². The molecule has 0 N–H and O–H groups in total. The van der Waals surface area contributed by atoms with Crippen molar-refractivity contribution < 1.29 is 4.74 Å². The van der Waals surface area contributed by atoms with E-state index in [1.54, 1.807) is 13.3 Å². The van der Waals surface area contributed by atoms with Gasteiger partial charge in [0, 0.05) is 4.47 Å². The van der Waals surface area contributed by atoms with Crippen LogP contribution in [0.15, 0.2) is 34.9 Å². The number of nitrogens with zero attached hydrogens (tertiary/aromatic N) is 2. The Morgan fingerprint density at radius 2 is 2.07 bits per heavy atom. The molecule has 0 saturated carbocycles. The van der Waals surface area contributed by atoms with Gasteiger partial charge in [0.2, 0.25) is 0 Å². The smallest absolute Gasteiger partial charge is 0.160 e. The Morgan fingerprint density at radius 3 is 2.67 bits per heavy atom. The Kier molecular flexibility index (Phi) is 2.77. The number of rotatable bonds is 2. The minimum Gasteiger partial charge on any atom is -0.493 e. The molecular weight excluding hydrogens is 256 g/mol. The largest absolute Gasteiger partial charge is 0.493 e. The van der Waals surface area contributed by atoms with Gasteiger partial charge in [-0.2, -0.15) is 5.10 Å². The summed E-state index contributed by atoms with van der Waals surface area (Å²) < 4.78 is 8.05. The topological polar surface area (TPSA) is 27.1 Å². The van der Waals surface area contributed by atoms with E-state index in [9.17, 15) is 0 Å². The maximum atomic E-state index is 5.19. The van der Waals surface area contributed by atoms with Crippen molar-refractivity contribution in [2.45, 2.75) is 6.92 Å². The van der Waals surface area contributed by atoms with Crippen molar-refractivity contribution in [2.75, 3.05) is 7.11 Å².